The predicted molar refractivity (Wildman–Crippen MR) is 67.0 cm³/mol. The maximum atomic E-state index is 12.9. The summed E-state index contributed by atoms with van der Waals surface area (Å²) in [5.41, 5.74) is 0.161. The topological polar surface area (TPSA) is 39.2 Å². The van der Waals surface area contributed by atoms with Gasteiger partial charge in [-0.25, -0.2) is 13.8 Å². The summed E-state index contributed by atoms with van der Waals surface area (Å²) in [6.07, 6.45) is -4.99. The molecule has 0 atom stereocenters. The minimum Gasteiger partial charge on any atom is -0.461 e. The normalized spacial score (nSPS) is 11.5. The first-order valence-electron chi connectivity index (χ1n) is 5.87. The Morgan fingerprint density at radius 1 is 1.23 bits per heavy atom. The molecule has 1 aromatic heterocycles. The van der Waals surface area contributed by atoms with E-state index in [2.05, 4.69) is 4.98 Å². The van der Waals surface area contributed by atoms with E-state index in [9.17, 15) is 26.7 Å². The summed E-state index contributed by atoms with van der Waals surface area (Å²) in [6.45, 7) is -0.313. The Bertz CT molecular complexity index is 683. The zero-order chi connectivity index (χ0) is 16.3. The van der Waals surface area contributed by atoms with Crippen LogP contribution >= 0.6 is 11.3 Å². The zero-order valence-corrected chi connectivity index (χ0v) is 11.6. The lowest BCUT2D eigenvalue weighted by Gasteiger charge is -2.04. The summed E-state index contributed by atoms with van der Waals surface area (Å²) in [5.74, 6) is -2.93. The van der Waals surface area contributed by atoms with Crippen LogP contribution < -0.4 is 0 Å². The molecule has 0 bridgehead atoms. The highest BCUT2D eigenvalue weighted by atomic mass is 32.1. The van der Waals surface area contributed by atoms with Crippen LogP contribution in [0.4, 0.5) is 22.0 Å². The molecule has 0 radical (unpaired) electrons. The van der Waals surface area contributed by atoms with Gasteiger partial charge in [0.15, 0.2) is 16.6 Å². The lowest BCUT2D eigenvalue weighted by molar-refractivity contribution is -0.144. The first-order valence-corrected chi connectivity index (χ1v) is 6.75. The van der Waals surface area contributed by atoms with Crippen LogP contribution in [0.3, 0.4) is 0 Å². The van der Waals surface area contributed by atoms with Crippen molar-refractivity contribution < 1.29 is 31.5 Å². The monoisotopic (exact) mass is 337 g/mol. The quantitative estimate of drug-likeness (QED) is 0.630. The van der Waals surface area contributed by atoms with Crippen molar-refractivity contribution in [3.63, 3.8) is 0 Å². The summed E-state index contributed by atoms with van der Waals surface area (Å²) in [7, 11) is 0. The van der Waals surface area contributed by atoms with Gasteiger partial charge in [0.25, 0.3) is 0 Å². The number of carbonyl (C=O) groups is 1. The van der Waals surface area contributed by atoms with Crippen LogP contribution in [0.25, 0.3) is 0 Å². The lowest BCUT2D eigenvalue weighted by Crippen LogP contribution is -2.10. The molecule has 118 valence electrons. The van der Waals surface area contributed by atoms with Gasteiger partial charge in [-0.05, 0) is 17.7 Å². The van der Waals surface area contributed by atoms with Crippen molar-refractivity contribution >= 4 is 17.3 Å². The predicted octanol–water partition coefficient (Wildman–Crippen LogP) is 3.73. The highest BCUT2D eigenvalue weighted by Crippen LogP contribution is 2.31. The van der Waals surface area contributed by atoms with Crippen molar-refractivity contribution in [1.29, 1.82) is 0 Å². The molecule has 0 aliphatic carbocycles. The number of hydrogen-bond donors (Lipinski definition) is 0. The van der Waals surface area contributed by atoms with Crippen LogP contribution in [0.2, 0.25) is 0 Å². The Balaban J connectivity index is 1.90. The molecule has 2 rings (SSSR count). The molecule has 0 saturated heterocycles. The second-order valence-corrected chi connectivity index (χ2v) is 5.09. The number of carbonyl (C=O) groups excluding carboxylic acids is 1. The Morgan fingerprint density at radius 2 is 1.95 bits per heavy atom. The number of nitrogens with zero attached hydrogens (tertiary/aromatic N) is 1. The standard InChI is InChI=1S/C13H8F5NO2S/c14-9-2-1-7(3-10(9)15)5-21-11(20)4-8-6-22-12(19-8)13(16,17)18/h1-3,6H,4-5H2. The van der Waals surface area contributed by atoms with Crippen molar-refractivity contribution in [3.05, 3.63) is 51.5 Å². The van der Waals surface area contributed by atoms with Crippen molar-refractivity contribution in [2.75, 3.05) is 0 Å². The Kier molecular flexibility index (Phi) is 4.74. The third kappa shape index (κ3) is 4.23. The number of esters is 1. The van der Waals surface area contributed by atoms with E-state index in [0.717, 1.165) is 17.5 Å². The molecule has 0 aliphatic heterocycles. The third-order valence-corrected chi connectivity index (χ3v) is 3.44. The molecule has 0 aliphatic rings. The van der Waals surface area contributed by atoms with Gasteiger partial charge in [0.05, 0.1) is 12.1 Å². The molecular weight excluding hydrogens is 329 g/mol. The molecule has 0 N–H and O–H groups in total. The SMILES string of the molecule is O=C(Cc1csc(C(F)(F)F)n1)OCc1ccc(F)c(F)c1. The highest BCUT2D eigenvalue weighted by Gasteiger charge is 2.34. The van der Waals surface area contributed by atoms with Crippen LogP contribution in [-0.2, 0) is 28.7 Å². The van der Waals surface area contributed by atoms with E-state index in [1.807, 2.05) is 0 Å². The van der Waals surface area contributed by atoms with Gasteiger partial charge in [0, 0.05) is 5.38 Å². The summed E-state index contributed by atoms with van der Waals surface area (Å²) in [5, 5.41) is 0.0673. The Hall–Kier alpha value is -2.03. The molecule has 3 nitrogen and oxygen atoms in total. The Labute approximate surface area is 125 Å². The lowest BCUT2D eigenvalue weighted by atomic mass is 10.2. The van der Waals surface area contributed by atoms with Crippen molar-refractivity contribution in [1.82, 2.24) is 4.98 Å². The van der Waals surface area contributed by atoms with E-state index in [1.54, 1.807) is 0 Å². The second-order valence-electron chi connectivity index (χ2n) is 4.23. The first kappa shape index (κ1) is 16.3. The fourth-order valence-electron chi connectivity index (χ4n) is 1.51. The van der Waals surface area contributed by atoms with Gasteiger partial charge in [-0.1, -0.05) is 6.07 Å². The highest BCUT2D eigenvalue weighted by molar-refractivity contribution is 7.09. The van der Waals surface area contributed by atoms with E-state index in [4.69, 9.17) is 4.74 Å². The van der Waals surface area contributed by atoms with E-state index in [1.165, 1.54) is 6.07 Å². The molecule has 22 heavy (non-hydrogen) atoms. The first-order chi connectivity index (χ1) is 10.3. The van der Waals surface area contributed by atoms with E-state index in [-0.39, 0.29) is 17.9 Å². The van der Waals surface area contributed by atoms with Crippen LogP contribution in [0.5, 0.6) is 0 Å². The number of benzene rings is 1. The van der Waals surface area contributed by atoms with Gasteiger partial charge < -0.3 is 4.74 Å². The summed E-state index contributed by atoms with van der Waals surface area (Å²) >= 11 is 0.381. The van der Waals surface area contributed by atoms with Gasteiger partial charge in [-0.2, -0.15) is 13.2 Å². The van der Waals surface area contributed by atoms with E-state index >= 15 is 0 Å². The number of hydrogen-bond acceptors (Lipinski definition) is 4. The zero-order valence-electron chi connectivity index (χ0n) is 10.8. The largest absolute Gasteiger partial charge is 0.461 e. The molecule has 0 spiro atoms. The summed E-state index contributed by atoms with van der Waals surface area (Å²) in [6, 6.07) is 2.98. The number of ether oxygens (including phenoxy) is 1. The van der Waals surface area contributed by atoms with Crippen molar-refractivity contribution in [3.8, 4) is 0 Å². The summed E-state index contributed by atoms with van der Waals surface area (Å²) in [4.78, 5) is 14.8. The number of halogens is 5. The average molecular weight is 337 g/mol. The number of alkyl halides is 3. The number of thiazole rings is 1. The maximum absolute atomic E-state index is 12.9. The molecule has 1 heterocycles. The van der Waals surface area contributed by atoms with Gasteiger partial charge in [-0.3, -0.25) is 4.79 Å². The molecule has 0 amide bonds. The average Bonchev–Trinajstić information content (AvgIpc) is 2.88. The third-order valence-electron chi connectivity index (χ3n) is 2.50. The van der Waals surface area contributed by atoms with Crippen molar-refractivity contribution in [2.45, 2.75) is 19.2 Å². The van der Waals surface area contributed by atoms with Crippen LogP contribution in [-0.4, -0.2) is 11.0 Å². The molecular formula is C13H8F5NO2S. The van der Waals surface area contributed by atoms with Gasteiger partial charge in [0.2, 0.25) is 0 Å². The minimum absolute atomic E-state index is 0.0624. The number of aromatic nitrogens is 1. The fraction of sp³-hybridized carbons (Fsp3) is 0.231. The molecule has 2 aromatic rings. The van der Waals surface area contributed by atoms with Crippen LogP contribution in [0.1, 0.15) is 16.3 Å². The molecule has 9 heteroatoms. The molecule has 1 aromatic carbocycles. The van der Waals surface area contributed by atoms with Gasteiger partial charge in [-0.15, -0.1) is 11.3 Å². The van der Waals surface area contributed by atoms with E-state index in [0.29, 0.717) is 11.3 Å². The fourth-order valence-corrected chi connectivity index (χ4v) is 2.20. The molecule has 0 saturated carbocycles. The van der Waals surface area contributed by atoms with Crippen LogP contribution in [0.15, 0.2) is 23.6 Å². The summed E-state index contributed by atoms with van der Waals surface area (Å²) < 4.78 is 67.4. The van der Waals surface area contributed by atoms with Gasteiger partial charge in [0.1, 0.15) is 6.61 Å². The Morgan fingerprint density at radius 3 is 2.55 bits per heavy atom. The smallest absolute Gasteiger partial charge is 0.443 e. The van der Waals surface area contributed by atoms with Crippen molar-refractivity contribution in [2.24, 2.45) is 0 Å². The minimum atomic E-state index is -4.56. The van der Waals surface area contributed by atoms with E-state index < -0.39 is 35.2 Å². The molecule has 0 fully saturated rings. The molecule has 0 unspecified atom stereocenters. The van der Waals surface area contributed by atoms with Gasteiger partial charge >= 0.3 is 12.1 Å². The number of rotatable bonds is 4. The van der Waals surface area contributed by atoms with Crippen LogP contribution in [0, 0.1) is 11.6 Å². The second kappa shape index (κ2) is 6.39. The maximum Gasteiger partial charge on any atom is 0.443 e.